The van der Waals surface area contributed by atoms with Gasteiger partial charge in [0.15, 0.2) is 0 Å². The van der Waals surface area contributed by atoms with Crippen LogP contribution in [-0.4, -0.2) is 51.4 Å². The molecule has 2 aromatic carbocycles. The maximum absolute atomic E-state index is 11.0. The zero-order valence-electron chi connectivity index (χ0n) is 19.5. The summed E-state index contributed by atoms with van der Waals surface area (Å²) in [5.74, 6) is -1.28. The lowest BCUT2D eigenvalue weighted by molar-refractivity contribution is -0.216. The van der Waals surface area contributed by atoms with E-state index in [9.17, 15) is 20.6 Å². The lowest BCUT2D eigenvalue weighted by atomic mass is 9.76. The minimum atomic E-state index is -1.15. The van der Waals surface area contributed by atoms with Crippen LogP contribution >= 0.6 is 0 Å². The number of likely N-dealkylation sites (tertiary alicyclic amines) is 1. The van der Waals surface area contributed by atoms with Gasteiger partial charge >= 0.3 is 0 Å². The number of hydrogen-bond donors (Lipinski definition) is 3. The molecule has 3 N–H and O–H groups in total. The van der Waals surface area contributed by atoms with Gasteiger partial charge in [-0.1, -0.05) is 55.5 Å². The summed E-state index contributed by atoms with van der Waals surface area (Å²) in [5, 5.41) is 42.0. The third-order valence-corrected chi connectivity index (χ3v) is 8.22. The van der Waals surface area contributed by atoms with Gasteiger partial charge in [-0.3, -0.25) is 4.90 Å². The summed E-state index contributed by atoms with van der Waals surface area (Å²) in [4.78, 5) is 3.91. The molecule has 2 fully saturated rings. The third kappa shape index (κ3) is 3.83. The Morgan fingerprint density at radius 2 is 1.62 bits per heavy atom. The Bertz CT molecular complexity index is 1020. The smallest absolute Gasteiger partial charge is 0.127 e. The topological polar surface area (TPSA) is 91.0 Å². The fraction of sp³-hybridized carbons (Fsp3) is 0.464. The number of rotatable bonds is 5. The molecule has 8 atom stereocenters. The summed E-state index contributed by atoms with van der Waals surface area (Å²) in [7, 11) is 0. The number of benzene rings is 2. The van der Waals surface area contributed by atoms with Crippen LogP contribution in [0.5, 0.6) is 0 Å². The van der Waals surface area contributed by atoms with Gasteiger partial charge in [-0.2, -0.15) is 5.26 Å². The van der Waals surface area contributed by atoms with Gasteiger partial charge in [0.05, 0.1) is 18.2 Å². The lowest BCUT2D eigenvalue weighted by Gasteiger charge is -2.47. The van der Waals surface area contributed by atoms with E-state index in [4.69, 9.17) is 0 Å². The zero-order valence-corrected chi connectivity index (χ0v) is 19.5. The fourth-order valence-corrected chi connectivity index (χ4v) is 6.31. The molecule has 3 aliphatic rings. The molecule has 7 unspecified atom stereocenters. The summed E-state index contributed by atoms with van der Waals surface area (Å²) < 4.78 is 0. The molecule has 1 saturated carbocycles. The highest BCUT2D eigenvalue weighted by Crippen LogP contribution is 2.64. The standard InChI is InChI=1S/C28H33N3O3/c1-2-30-26(33)22(18-29)25(32)24(27(30)34)23-17-28(23)15-13-21(14-16-28)31(19-9-5-3-6-10-19)20-11-7-4-8-12-20/h3-13,15,21-27,32-34H,2,14,16-17H2,1H3/t21?,22?,23?,24?,25?,26?,27?,28-/m1/s1. The van der Waals surface area contributed by atoms with Gasteiger partial charge in [-0.25, -0.2) is 0 Å². The van der Waals surface area contributed by atoms with Gasteiger partial charge in [0.2, 0.25) is 0 Å². The van der Waals surface area contributed by atoms with Crippen LogP contribution in [0.2, 0.25) is 0 Å². The van der Waals surface area contributed by atoms with Crippen molar-refractivity contribution in [2.24, 2.45) is 23.2 Å². The SMILES string of the molecule is CCN1C(O)C(C#N)C(O)C(C2C[C@]23C=CC(N(c2ccccc2)c2ccccc2)CC3)C1O. The molecule has 0 bridgehead atoms. The molecule has 6 nitrogen and oxygen atoms in total. The number of hydrogen-bond acceptors (Lipinski definition) is 6. The lowest BCUT2D eigenvalue weighted by Crippen LogP contribution is -2.61. The van der Waals surface area contributed by atoms with E-state index in [1.807, 2.05) is 19.1 Å². The number of nitriles is 1. The fourth-order valence-electron chi connectivity index (χ4n) is 6.31. The number of nitrogens with zero attached hydrogens (tertiary/aromatic N) is 3. The number of piperidine rings is 1. The van der Waals surface area contributed by atoms with Crippen molar-refractivity contribution >= 4 is 11.4 Å². The average molecular weight is 460 g/mol. The van der Waals surface area contributed by atoms with Gasteiger partial charge in [-0.15, -0.1) is 0 Å². The van der Waals surface area contributed by atoms with Crippen molar-refractivity contribution in [3.63, 3.8) is 0 Å². The van der Waals surface area contributed by atoms with E-state index in [1.165, 1.54) is 0 Å². The molecule has 178 valence electrons. The summed E-state index contributed by atoms with van der Waals surface area (Å²) in [6.07, 6.45) is 4.21. The van der Waals surface area contributed by atoms with E-state index in [0.717, 1.165) is 30.6 Å². The average Bonchev–Trinajstić information content (AvgIpc) is 3.54. The second-order valence-electron chi connectivity index (χ2n) is 9.93. The van der Waals surface area contributed by atoms with Crippen molar-refractivity contribution in [1.29, 1.82) is 5.26 Å². The van der Waals surface area contributed by atoms with Gasteiger partial charge in [0.25, 0.3) is 0 Å². The normalized spacial score (nSPS) is 37.3. The van der Waals surface area contributed by atoms with E-state index in [2.05, 4.69) is 71.7 Å². The van der Waals surface area contributed by atoms with Crippen LogP contribution in [0, 0.1) is 34.5 Å². The monoisotopic (exact) mass is 459 g/mol. The molecule has 2 aromatic rings. The van der Waals surface area contributed by atoms with Crippen molar-refractivity contribution in [2.45, 2.75) is 50.8 Å². The largest absolute Gasteiger partial charge is 0.391 e. The van der Waals surface area contributed by atoms with Gasteiger partial charge in [-0.05, 0) is 54.9 Å². The molecule has 6 heteroatoms. The van der Waals surface area contributed by atoms with Crippen LogP contribution in [0.3, 0.4) is 0 Å². The number of para-hydroxylation sites is 2. The van der Waals surface area contributed by atoms with Gasteiger partial charge in [0.1, 0.15) is 18.4 Å². The second kappa shape index (κ2) is 9.16. The van der Waals surface area contributed by atoms with Crippen molar-refractivity contribution in [3.05, 3.63) is 72.8 Å². The van der Waals surface area contributed by atoms with Crippen LogP contribution in [0.25, 0.3) is 0 Å². The molecule has 2 aliphatic carbocycles. The molecule has 1 saturated heterocycles. The first-order chi connectivity index (χ1) is 16.5. The van der Waals surface area contributed by atoms with Crippen LogP contribution in [0.4, 0.5) is 11.4 Å². The summed E-state index contributed by atoms with van der Waals surface area (Å²) >= 11 is 0. The summed E-state index contributed by atoms with van der Waals surface area (Å²) in [6.45, 7) is 2.27. The molecule has 5 rings (SSSR count). The molecule has 0 radical (unpaired) electrons. The zero-order chi connectivity index (χ0) is 23.9. The Labute approximate surface area is 201 Å². The highest BCUT2D eigenvalue weighted by atomic mass is 16.3. The molecular formula is C28H33N3O3. The Kier molecular flexibility index (Phi) is 6.22. The first kappa shape index (κ1) is 23.1. The van der Waals surface area contributed by atoms with Crippen molar-refractivity contribution in [2.75, 3.05) is 11.4 Å². The van der Waals surface area contributed by atoms with Gasteiger partial charge in [0, 0.05) is 23.8 Å². The molecule has 0 amide bonds. The maximum Gasteiger partial charge on any atom is 0.127 e. The molecule has 34 heavy (non-hydrogen) atoms. The van der Waals surface area contributed by atoms with Gasteiger partial charge < -0.3 is 20.2 Å². The predicted molar refractivity (Wildman–Crippen MR) is 131 cm³/mol. The van der Waals surface area contributed by atoms with E-state index in [1.54, 1.807) is 4.90 Å². The van der Waals surface area contributed by atoms with E-state index in [0.29, 0.717) is 6.54 Å². The molecule has 1 aliphatic heterocycles. The summed E-state index contributed by atoms with van der Waals surface area (Å²) in [6, 6.07) is 23.1. The van der Waals surface area contributed by atoms with Crippen LogP contribution in [0.15, 0.2) is 72.8 Å². The Morgan fingerprint density at radius 1 is 1.00 bits per heavy atom. The van der Waals surface area contributed by atoms with Crippen LogP contribution in [-0.2, 0) is 0 Å². The van der Waals surface area contributed by atoms with Crippen molar-refractivity contribution < 1.29 is 15.3 Å². The molecule has 1 spiro atoms. The minimum absolute atomic E-state index is 0.0656. The maximum atomic E-state index is 11.0. The highest BCUT2D eigenvalue weighted by Gasteiger charge is 2.63. The van der Waals surface area contributed by atoms with E-state index in [-0.39, 0.29) is 17.4 Å². The highest BCUT2D eigenvalue weighted by molar-refractivity contribution is 5.65. The Hall–Kier alpha value is -2.69. The van der Waals surface area contributed by atoms with E-state index < -0.39 is 30.4 Å². The predicted octanol–water partition coefficient (Wildman–Crippen LogP) is 3.64. The molecule has 1 heterocycles. The Balaban J connectivity index is 1.39. The first-order valence-electron chi connectivity index (χ1n) is 12.3. The Morgan fingerprint density at radius 3 is 2.12 bits per heavy atom. The van der Waals surface area contributed by atoms with Crippen molar-refractivity contribution in [1.82, 2.24) is 4.90 Å². The van der Waals surface area contributed by atoms with Crippen molar-refractivity contribution in [3.8, 4) is 6.07 Å². The third-order valence-electron chi connectivity index (χ3n) is 8.22. The quantitative estimate of drug-likeness (QED) is 0.592. The second-order valence-corrected chi connectivity index (χ2v) is 9.93. The van der Waals surface area contributed by atoms with Crippen LogP contribution in [0.1, 0.15) is 26.2 Å². The molecular weight excluding hydrogens is 426 g/mol. The number of anilines is 2. The number of allylic oxidation sites excluding steroid dienone is 1. The van der Waals surface area contributed by atoms with E-state index >= 15 is 0 Å². The first-order valence-corrected chi connectivity index (χ1v) is 12.3. The number of aliphatic hydroxyl groups is 3. The minimum Gasteiger partial charge on any atom is -0.391 e. The summed E-state index contributed by atoms with van der Waals surface area (Å²) in [5.41, 5.74) is 2.23. The number of aliphatic hydroxyl groups excluding tert-OH is 3. The molecule has 0 aromatic heterocycles. The van der Waals surface area contributed by atoms with Crippen LogP contribution < -0.4 is 4.90 Å².